The van der Waals surface area contributed by atoms with Crippen molar-refractivity contribution in [1.82, 2.24) is 9.97 Å². The van der Waals surface area contributed by atoms with Gasteiger partial charge in [0, 0.05) is 31.7 Å². The van der Waals surface area contributed by atoms with Crippen LogP contribution in [0.3, 0.4) is 0 Å². The second-order valence-corrected chi connectivity index (χ2v) is 21.3. The van der Waals surface area contributed by atoms with Crippen molar-refractivity contribution in [3.8, 4) is 22.5 Å². The van der Waals surface area contributed by atoms with Gasteiger partial charge in [-0.1, -0.05) is 50.2 Å². The molecule has 38 heavy (non-hydrogen) atoms. The molecule has 0 saturated heterocycles. The fraction of sp³-hybridized carbons (Fsp3) is 0.176. The number of pyridine rings is 2. The van der Waals surface area contributed by atoms with Crippen LogP contribution < -0.4 is 4.40 Å². The zero-order valence-corrected chi connectivity index (χ0v) is 27.2. The molecule has 0 aliphatic rings. The second kappa shape index (κ2) is 13.3. The van der Waals surface area contributed by atoms with Crippen molar-refractivity contribution >= 4 is 17.7 Å². The van der Waals surface area contributed by atoms with E-state index in [1.807, 2.05) is 60.9 Å². The molecule has 195 valence electrons. The molecular weight excluding hydrogens is 701 g/mol. The standard InChI is InChI=1S/C20H18N.C14H16GeN.Ir/c1-20(2,17-11-7-4-8-12-17)18-13-14-21-19(15-18)16-9-5-3-6-10-16;1-15(2,3)13-9-10-14(16-11-13)12-7-5-4-6-8-12;/h3-9,11-15H,1-2H3;4-7,9-11H,1-3H3;/q2*-1;. The van der Waals surface area contributed by atoms with E-state index in [1.54, 1.807) is 0 Å². The van der Waals surface area contributed by atoms with E-state index in [4.69, 9.17) is 0 Å². The van der Waals surface area contributed by atoms with E-state index in [0.717, 1.165) is 22.5 Å². The van der Waals surface area contributed by atoms with Crippen molar-refractivity contribution in [3.63, 3.8) is 0 Å². The van der Waals surface area contributed by atoms with Crippen LogP contribution in [0.25, 0.3) is 22.5 Å². The number of rotatable bonds is 5. The van der Waals surface area contributed by atoms with Crippen LogP contribution in [-0.4, -0.2) is 23.2 Å². The second-order valence-electron chi connectivity index (χ2n) is 10.7. The molecule has 2 aromatic heterocycles. The summed E-state index contributed by atoms with van der Waals surface area (Å²) in [6.45, 7) is 4.49. The van der Waals surface area contributed by atoms with E-state index in [-0.39, 0.29) is 25.5 Å². The Labute approximate surface area is 244 Å². The third-order valence-electron chi connectivity index (χ3n) is 6.58. The Morgan fingerprint density at radius 2 is 1.24 bits per heavy atom. The average molecular weight is 735 g/mol. The van der Waals surface area contributed by atoms with Gasteiger partial charge in [-0.05, 0) is 22.9 Å². The fourth-order valence-electron chi connectivity index (χ4n) is 4.09. The Kier molecular flexibility index (Phi) is 10.4. The third kappa shape index (κ3) is 7.60. The van der Waals surface area contributed by atoms with Crippen LogP contribution in [0.5, 0.6) is 0 Å². The first-order valence-corrected chi connectivity index (χ1v) is 20.0. The molecule has 0 atom stereocenters. The zero-order valence-electron chi connectivity index (χ0n) is 22.7. The molecule has 5 rings (SSSR count). The molecule has 0 spiro atoms. The van der Waals surface area contributed by atoms with Gasteiger partial charge in [0.25, 0.3) is 0 Å². The molecule has 0 unspecified atom stereocenters. The largest absolute Gasteiger partial charge is 0 e. The summed E-state index contributed by atoms with van der Waals surface area (Å²) in [5.41, 5.74) is 6.59. The first-order valence-electron chi connectivity index (χ1n) is 12.7. The normalized spacial score (nSPS) is 11.1. The zero-order chi connectivity index (χ0) is 26.3. The van der Waals surface area contributed by atoms with Crippen LogP contribution in [0, 0.1) is 12.1 Å². The van der Waals surface area contributed by atoms with Crippen LogP contribution in [0.15, 0.2) is 116 Å². The molecule has 3 aromatic carbocycles. The quantitative estimate of drug-likeness (QED) is 0.135. The SMILES string of the molecule is CC(C)(c1ccccc1)c1ccnc(-c2[c-]cccc2)c1.[CH3][Ge]([CH3])([CH3])[c]1ccc(-c2[c-]cccc2)nc1.[Ir]. The maximum Gasteiger partial charge on any atom is 0 e. The molecule has 4 heteroatoms. The summed E-state index contributed by atoms with van der Waals surface area (Å²) in [4.78, 5) is 9.02. The van der Waals surface area contributed by atoms with Gasteiger partial charge in [-0.15, -0.1) is 35.9 Å². The monoisotopic (exact) mass is 737 g/mol. The first-order chi connectivity index (χ1) is 17.7. The number of benzene rings is 3. The Morgan fingerprint density at radius 1 is 0.632 bits per heavy atom. The molecule has 0 bridgehead atoms. The summed E-state index contributed by atoms with van der Waals surface area (Å²) in [6, 6.07) is 41.5. The van der Waals surface area contributed by atoms with Crippen molar-refractivity contribution in [2.24, 2.45) is 0 Å². The maximum absolute atomic E-state index is 4.53. The van der Waals surface area contributed by atoms with Crippen LogP contribution in [0.1, 0.15) is 25.0 Å². The van der Waals surface area contributed by atoms with Crippen molar-refractivity contribution in [2.45, 2.75) is 36.5 Å². The summed E-state index contributed by atoms with van der Waals surface area (Å²) in [6.07, 6.45) is 3.92. The predicted molar refractivity (Wildman–Crippen MR) is 159 cm³/mol. The van der Waals surface area contributed by atoms with E-state index in [9.17, 15) is 0 Å². The minimum absolute atomic E-state index is 0. The molecule has 0 fully saturated rings. The maximum atomic E-state index is 4.53. The van der Waals surface area contributed by atoms with Gasteiger partial charge >= 0.3 is 99.8 Å². The van der Waals surface area contributed by atoms with Gasteiger partial charge in [-0.3, -0.25) is 0 Å². The fourth-order valence-corrected chi connectivity index (χ4v) is 6.26. The Bertz CT molecular complexity index is 1400. The molecule has 1 radical (unpaired) electrons. The van der Waals surface area contributed by atoms with E-state index in [1.165, 1.54) is 15.5 Å². The van der Waals surface area contributed by atoms with Crippen molar-refractivity contribution < 1.29 is 20.1 Å². The smallest absolute Gasteiger partial charge is 0 e. The summed E-state index contributed by atoms with van der Waals surface area (Å²) < 4.78 is 1.44. The van der Waals surface area contributed by atoms with E-state index in [2.05, 4.69) is 108 Å². The molecule has 0 aliphatic heterocycles. The molecule has 0 amide bonds. The Hall–Kier alpha value is -2.85. The Morgan fingerprint density at radius 3 is 1.76 bits per heavy atom. The van der Waals surface area contributed by atoms with Crippen LogP contribution in [0.2, 0.25) is 17.3 Å². The number of hydrogen-bond acceptors (Lipinski definition) is 2. The van der Waals surface area contributed by atoms with Gasteiger partial charge in [0.1, 0.15) is 0 Å². The summed E-state index contributed by atoms with van der Waals surface area (Å²) in [5, 5.41) is 0. The minimum Gasteiger partial charge on any atom is 0 e. The van der Waals surface area contributed by atoms with Gasteiger partial charge in [0.05, 0.1) is 0 Å². The number of hydrogen-bond donors (Lipinski definition) is 0. The third-order valence-corrected chi connectivity index (χ3v) is 10.8. The van der Waals surface area contributed by atoms with Crippen LogP contribution in [-0.2, 0) is 25.5 Å². The van der Waals surface area contributed by atoms with E-state index < -0.39 is 13.3 Å². The molecule has 0 aliphatic carbocycles. The van der Waals surface area contributed by atoms with E-state index in [0.29, 0.717) is 0 Å². The van der Waals surface area contributed by atoms with Gasteiger partial charge in [-0.25, -0.2) is 0 Å². The average Bonchev–Trinajstić information content (AvgIpc) is 2.94. The molecule has 2 nitrogen and oxygen atoms in total. The van der Waals surface area contributed by atoms with Gasteiger partial charge in [0.15, 0.2) is 0 Å². The molecule has 5 aromatic rings. The first kappa shape index (κ1) is 29.7. The summed E-state index contributed by atoms with van der Waals surface area (Å²) in [7, 11) is 0. The summed E-state index contributed by atoms with van der Waals surface area (Å²) >= 11 is -1.72. The molecule has 0 N–H and O–H groups in total. The topological polar surface area (TPSA) is 25.8 Å². The number of nitrogens with zero attached hydrogens (tertiary/aromatic N) is 2. The van der Waals surface area contributed by atoms with Crippen molar-refractivity contribution in [3.05, 3.63) is 139 Å². The van der Waals surface area contributed by atoms with Crippen LogP contribution in [0.4, 0.5) is 0 Å². The minimum atomic E-state index is -1.72. The summed E-state index contributed by atoms with van der Waals surface area (Å²) in [5.74, 6) is 7.14. The van der Waals surface area contributed by atoms with Gasteiger partial charge in [-0.2, -0.15) is 0 Å². The van der Waals surface area contributed by atoms with E-state index >= 15 is 0 Å². The van der Waals surface area contributed by atoms with Gasteiger partial charge < -0.3 is 4.98 Å². The molecular formula is C34H34GeIrN2-2. The predicted octanol–water partition coefficient (Wildman–Crippen LogP) is 7.97. The number of aromatic nitrogens is 2. The Balaban J connectivity index is 0.000000213. The van der Waals surface area contributed by atoms with Crippen LogP contribution >= 0.6 is 0 Å². The van der Waals surface area contributed by atoms with Crippen molar-refractivity contribution in [1.29, 1.82) is 0 Å². The van der Waals surface area contributed by atoms with Gasteiger partial charge in [0.2, 0.25) is 0 Å². The molecule has 2 heterocycles. The molecule has 0 saturated carbocycles. The van der Waals surface area contributed by atoms with Crippen molar-refractivity contribution in [2.75, 3.05) is 0 Å².